The summed E-state index contributed by atoms with van der Waals surface area (Å²) in [5.41, 5.74) is 1.92. The normalized spacial score (nSPS) is 18.2. The molecule has 1 saturated heterocycles. The molecule has 1 atom stereocenters. The fraction of sp³-hybridized carbons (Fsp3) is 0.353. The molecule has 0 bridgehead atoms. The number of piperidine rings is 1. The van der Waals surface area contributed by atoms with Crippen LogP contribution in [0.25, 0.3) is 11.3 Å². The lowest BCUT2D eigenvalue weighted by Gasteiger charge is -2.31. The number of nitrogens with zero attached hydrogens (tertiary/aromatic N) is 3. The van der Waals surface area contributed by atoms with Crippen LogP contribution in [-0.4, -0.2) is 34.1 Å². The van der Waals surface area contributed by atoms with Crippen LogP contribution in [0.5, 0.6) is 0 Å². The summed E-state index contributed by atoms with van der Waals surface area (Å²) in [5.74, 6) is 0.481. The molecule has 1 aromatic carbocycles. The second kappa shape index (κ2) is 6.13. The Kier molecular flexibility index (Phi) is 4.04. The van der Waals surface area contributed by atoms with Crippen LogP contribution in [0, 0.1) is 12.8 Å². The lowest BCUT2D eigenvalue weighted by molar-refractivity contribution is -0.141. The van der Waals surface area contributed by atoms with Crippen LogP contribution in [0.15, 0.2) is 36.4 Å². The fourth-order valence-electron chi connectivity index (χ4n) is 2.86. The minimum atomic E-state index is -0.723. The first-order chi connectivity index (χ1) is 10.6. The third-order valence-electron chi connectivity index (χ3n) is 3.99. The van der Waals surface area contributed by atoms with Crippen LogP contribution in [0.3, 0.4) is 0 Å². The highest BCUT2D eigenvalue weighted by Crippen LogP contribution is 2.25. The standard InChI is InChI=1S/C17H19N3O2/c1-12-18-15(13-6-3-2-4-7-13)10-16(19-12)20-9-5-8-14(11-20)17(21)22/h2-4,6-7,10,14H,5,8-9,11H2,1H3,(H,21,22). The number of aliphatic carboxylic acids is 1. The summed E-state index contributed by atoms with van der Waals surface area (Å²) < 4.78 is 0. The molecule has 114 valence electrons. The number of benzene rings is 1. The number of carboxylic acids is 1. The molecule has 1 aliphatic heterocycles. The number of aryl methyl sites for hydroxylation is 1. The molecule has 0 spiro atoms. The van der Waals surface area contributed by atoms with Crippen molar-refractivity contribution in [3.05, 3.63) is 42.2 Å². The fourth-order valence-corrected chi connectivity index (χ4v) is 2.86. The van der Waals surface area contributed by atoms with E-state index in [2.05, 4.69) is 14.9 Å². The van der Waals surface area contributed by atoms with Crippen molar-refractivity contribution in [2.24, 2.45) is 5.92 Å². The van der Waals surface area contributed by atoms with Gasteiger partial charge in [-0.2, -0.15) is 0 Å². The average molecular weight is 297 g/mol. The number of carboxylic acid groups (broad SMARTS) is 1. The monoisotopic (exact) mass is 297 g/mol. The molecule has 0 saturated carbocycles. The second-order valence-electron chi connectivity index (χ2n) is 5.65. The Balaban J connectivity index is 1.91. The Morgan fingerprint density at radius 1 is 1.27 bits per heavy atom. The van der Waals surface area contributed by atoms with Gasteiger partial charge in [0.2, 0.25) is 0 Å². The molecule has 1 fully saturated rings. The number of carbonyl (C=O) groups is 1. The highest BCUT2D eigenvalue weighted by molar-refractivity contribution is 5.71. The van der Waals surface area contributed by atoms with Crippen molar-refractivity contribution >= 4 is 11.8 Å². The summed E-state index contributed by atoms with van der Waals surface area (Å²) in [6.45, 7) is 3.23. The van der Waals surface area contributed by atoms with E-state index >= 15 is 0 Å². The van der Waals surface area contributed by atoms with Gasteiger partial charge in [0.05, 0.1) is 11.6 Å². The van der Waals surface area contributed by atoms with Crippen LogP contribution in [0.1, 0.15) is 18.7 Å². The third kappa shape index (κ3) is 3.08. The highest BCUT2D eigenvalue weighted by Gasteiger charge is 2.26. The Morgan fingerprint density at radius 3 is 2.77 bits per heavy atom. The molecule has 3 rings (SSSR count). The molecule has 1 unspecified atom stereocenters. The van der Waals surface area contributed by atoms with Gasteiger partial charge >= 0.3 is 5.97 Å². The zero-order valence-corrected chi connectivity index (χ0v) is 12.6. The average Bonchev–Trinajstić information content (AvgIpc) is 2.55. The van der Waals surface area contributed by atoms with Gasteiger partial charge in [-0.05, 0) is 19.8 Å². The lowest BCUT2D eigenvalue weighted by Crippen LogP contribution is -2.39. The van der Waals surface area contributed by atoms with Gasteiger partial charge < -0.3 is 10.0 Å². The number of hydrogen-bond donors (Lipinski definition) is 1. The first-order valence-electron chi connectivity index (χ1n) is 7.52. The minimum absolute atomic E-state index is 0.316. The van der Waals surface area contributed by atoms with E-state index in [1.54, 1.807) is 0 Å². The summed E-state index contributed by atoms with van der Waals surface area (Å²) in [7, 11) is 0. The van der Waals surface area contributed by atoms with Gasteiger partial charge in [-0.3, -0.25) is 4.79 Å². The second-order valence-corrected chi connectivity index (χ2v) is 5.65. The number of hydrogen-bond acceptors (Lipinski definition) is 4. The minimum Gasteiger partial charge on any atom is -0.481 e. The van der Waals surface area contributed by atoms with Gasteiger partial charge in [-0.25, -0.2) is 9.97 Å². The van der Waals surface area contributed by atoms with Gasteiger partial charge in [0.25, 0.3) is 0 Å². The van der Waals surface area contributed by atoms with Crippen molar-refractivity contribution in [3.8, 4) is 11.3 Å². The zero-order chi connectivity index (χ0) is 15.5. The molecule has 2 heterocycles. The summed E-state index contributed by atoms with van der Waals surface area (Å²) in [4.78, 5) is 22.3. The molecule has 22 heavy (non-hydrogen) atoms. The van der Waals surface area contributed by atoms with Gasteiger partial charge in [0.1, 0.15) is 11.6 Å². The highest BCUT2D eigenvalue weighted by atomic mass is 16.4. The molecule has 0 radical (unpaired) electrons. The van der Waals surface area contributed by atoms with Crippen molar-refractivity contribution in [2.75, 3.05) is 18.0 Å². The van der Waals surface area contributed by atoms with Crippen molar-refractivity contribution in [3.63, 3.8) is 0 Å². The molecule has 5 nitrogen and oxygen atoms in total. The Hall–Kier alpha value is -2.43. The lowest BCUT2D eigenvalue weighted by atomic mass is 9.98. The molecular formula is C17H19N3O2. The van der Waals surface area contributed by atoms with Crippen molar-refractivity contribution in [1.29, 1.82) is 0 Å². The predicted molar refractivity (Wildman–Crippen MR) is 84.8 cm³/mol. The Labute approximate surface area is 129 Å². The van der Waals surface area contributed by atoms with Crippen LogP contribution in [0.4, 0.5) is 5.82 Å². The number of rotatable bonds is 3. The SMILES string of the molecule is Cc1nc(-c2ccccc2)cc(N2CCCC(C(=O)O)C2)n1. The predicted octanol–water partition coefficient (Wildman–Crippen LogP) is 2.75. The topological polar surface area (TPSA) is 66.3 Å². The van der Waals surface area contributed by atoms with Crippen molar-refractivity contribution in [2.45, 2.75) is 19.8 Å². The van der Waals surface area contributed by atoms with Crippen LogP contribution in [0.2, 0.25) is 0 Å². The number of aromatic nitrogens is 2. The van der Waals surface area contributed by atoms with E-state index in [1.807, 2.05) is 43.3 Å². The van der Waals surface area contributed by atoms with E-state index in [4.69, 9.17) is 0 Å². The van der Waals surface area contributed by atoms with Crippen LogP contribution < -0.4 is 4.90 Å². The maximum Gasteiger partial charge on any atom is 0.308 e. The Morgan fingerprint density at radius 2 is 2.05 bits per heavy atom. The number of anilines is 1. The first-order valence-corrected chi connectivity index (χ1v) is 7.52. The van der Waals surface area contributed by atoms with Gasteiger partial charge in [-0.1, -0.05) is 30.3 Å². The van der Waals surface area contributed by atoms with E-state index in [9.17, 15) is 9.90 Å². The van der Waals surface area contributed by atoms with E-state index in [1.165, 1.54) is 0 Å². The van der Waals surface area contributed by atoms with Gasteiger partial charge in [-0.15, -0.1) is 0 Å². The smallest absolute Gasteiger partial charge is 0.308 e. The molecule has 0 amide bonds. The van der Waals surface area contributed by atoms with E-state index in [0.717, 1.165) is 36.5 Å². The Bertz CT molecular complexity index is 673. The van der Waals surface area contributed by atoms with Crippen molar-refractivity contribution < 1.29 is 9.90 Å². The maximum atomic E-state index is 11.2. The first kappa shape index (κ1) is 14.5. The molecule has 1 aliphatic rings. The summed E-state index contributed by atoms with van der Waals surface area (Å²) in [5, 5.41) is 9.23. The summed E-state index contributed by atoms with van der Waals surface area (Å²) >= 11 is 0. The zero-order valence-electron chi connectivity index (χ0n) is 12.6. The van der Waals surface area contributed by atoms with Crippen LogP contribution >= 0.6 is 0 Å². The molecule has 1 aromatic heterocycles. The quantitative estimate of drug-likeness (QED) is 0.943. The third-order valence-corrected chi connectivity index (χ3v) is 3.99. The van der Waals surface area contributed by atoms with Crippen LogP contribution in [-0.2, 0) is 4.79 Å². The molecular weight excluding hydrogens is 278 g/mol. The van der Waals surface area contributed by atoms with E-state index in [0.29, 0.717) is 12.4 Å². The molecule has 5 heteroatoms. The summed E-state index contributed by atoms with van der Waals surface area (Å²) in [6, 6.07) is 11.9. The van der Waals surface area contributed by atoms with E-state index < -0.39 is 5.97 Å². The maximum absolute atomic E-state index is 11.2. The molecule has 2 aromatic rings. The molecule has 0 aliphatic carbocycles. The van der Waals surface area contributed by atoms with E-state index in [-0.39, 0.29) is 5.92 Å². The largest absolute Gasteiger partial charge is 0.481 e. The summed E-state index contributed by atoms with van der Waals surface area (Å²) in [6.07, 6.45) is 1.61. The molecule has 1 N–H and O–H groups in total. The van der Waals surface area contributed by atoms with Gasteiger partial charge in [0, 0.05) is 24.7 Å². The van der Waals surface area contributed by atoms with Gasteiger partial charge in [0.15, 0.2) is 0 Å². The van der Waals surface area contributed by atoms with Crippen molar-refractivity contribution in [1.82, 2.24) is 9.97 Å².